The highest BCUT2D eigenvalue weighted by molar-refractivity contribution is 5.20. The summed E-state index contributed by atoms with van der Waals surface area (Å²) in [6.45, 7) is 15.2. The summed E-state index contributed by atoms with van der Waals surface area (Å²) in [6, 6.07) is 0. The molecule has 4 fully saturated rings. The largest absolute Gasteiger partial charge is 0.314 e. The molecule has 0 radical (unpaired) electrons. The highest BCUT2D eigenvalue weighted by atomic mass is 15.0. The van der Waals surface area contributed by atoms with Crippen molar-refractivity contribution in [3.05, 3.63) is 0 Å². The third kappa shape index (κ3) is 1.41. The van der Waals surface area contributed by atoms with E-state index < -0.39 is 0 Å². The molecule has 19 heavy (non-hydrogen) atoms. The first-order valence-corrected chi connectivity index (χ1v) is 8.48. The van der Waals surface area contributed by atoms with Crippen LogP contribution in [0.5, 0.6) is 0 Å². The molecule has 0 aromatic rings. The molecule has 1 nitrogen and oxygen atoms in total. The van der Waals surface area contributed by atoms with Crippen LogP contribution in [0.3, 0.4) is 0 Å². The van der Waals surface area contributed by atoms with Crippen LogP contribution in [-0.4, -0.2) is 12.6 Å². The predicted molar refractivity (Wildman–Crippen MR) is 81.9 cm³/mol. The van der Waals surface area contributed by atoms with Crippen molar-refractivity contribution in [1.29, 1.82) is 0 Å². The van der Waals surface area contributed by atoms with E-state index in [0.717, 1.165) is 41.4 Å². The molecule has 8 unspecified atom stereocenters. The summed E-state index contributed by atoms with van der Waals surface area (Å²) in [5.74, 6) is 6.23. The molecule has 0 aromatic carbocycles. The Morgan fingerprint density at radius 1 is 1.11 bits per heavy atom. The molecule has 1 heteroatoms. The van der Waals surface area contributed by atoms with Gasteiger partial charge in [0.2, 0.25) is 0 Å². The first kappa shape index (κ1) is 13.9. The highest BCUT2D eigenvalue weighted by Crippen LogP contribution is 2.71. The van der Waals surface area contributed by atoms with Gasteiger partial charge in [-0.1, -0.05) is 41.5 Å². The maximum absolute atomic E-state index is 3.81. The summed E-state index contributed by atoms with van der Waals surface area (Å²) in [6.07, 6.45) is 2.90. The standard InChI is InChI=1S/C18H33N/c1-10(2)16-15-11(3)14-8-17(16,6)13(5)18(9-14,19-7)12(15)4/h10-16,19H,8-9H2,1-7H3. The molecular formula is C18H33N. The quantitative estimate of drug-likeness (QED) is 0.788. The fourth-order valence-corrected chi connectivity index (χ4v) is 7.33. The molecule has 4 saturated carbocycles. The molecule has 110 valence electrons. The van der Waals surface area contributed by atoms with Crippen molar-refractivity contribution in [2.75, 3.05) is 7.05 Å². The normalized spacial score (nSPS) is 60.0. The Kier molecular flexibility index (Phi) is 2.93. The molecule has 0 aromatic heterocycles. The van der Waals surface area contributed by atoms with Gasteiger partial charge in [0.25, 0.3) is 0 Å². The number of nitrogens with one attached hydrogen (secondary N) is 1. The van der Waals surface area contributed by atoms with Crippen LogP contribution in [0.4, 0.5) is 0 Å². The molecule has 4 aliphatic carbocycles. The van der Waals surface area contributed by atoms with Gasteiger partial charge in [0.15, 0.2) is 0 Å². The van der Waals surface area contributed by atoms with E-state index in [0.29, 0.717) is 11.0 Å². The van der Waals surface area contributed by atoms with Gasteiger partial charge in [-0.25, -0.2) is 0 Å². The molecule has 4 bridgehead atoms. The van der Waals surface area contributed by atoms with Crippen LogP contribution in [0, 0.1) is 46.8 Å². The van der Waals surface area contributed by atoms with Crippen LogP contribution in [-0.2, 0) is 0 Å². The van der Waals surface area contributed by atoms with E-state index in [1.54, 1.807) is 0 Å². The van der Waals surface area contributed by atoms with E-state index in [1.807, 2.05) is 0 Å². The number of hydrogen-bond donors (Lipinski definition) is 1. The lowest BCUT2D eigenvalue weighted by Gasteiger charge is -2.74. The first-order chi connectivity index (χ1) is 8.79. The molecule has 4 aliphatic rings. The second-order valence-corrected chi connectivity index (χ2v) is 8.68. The van der Waals surface area contributed by atoms with Crippen LogP contribution < -0.4 is 5.32 Å². The predicted octanol–water partition coefficient (Wildman–Crippen LogP) is 4.18. The molecular weight excluding hydrogens is 230 g/mol. The average Bonchev–Trinajstić information content (AvgIpc) is 2.34. The van der Waals surface area contributed by atoms with Gasteiger partial charge in [-0.05, 0) is 66.7 Å². The lowest BCUT2D eigenvalue weighted by molar-refractivity contribution is -0.230. The van der Waals surface area contributed by atoms with Gasteiger partial charge >= 0.3 is 0 Å². The third-order valence-corrected chi connectivity index (χ3v) is 8.16. The third-order valence-electron chi connectivity index (χ3n) is 8.16. The summed E-state index contributed by atoms with van der Waals surface area (Å²) in [7, 11) is 2.22. The smallest absolute Gasteiger partial charge is 0.0240 e. The summed E-state index contributed by atoms with van der Waals surface area (Å²) in [4.78, 5) is 0. The Bertz CT molecular complexity index is 376. The van der Waals surface area contributed by atoms with Gasteiger partial charge in [0.1, 0.15) is 0 Å². The first-order valence-electron chi connectivity index (χ1n) is 8.48. The maximum atomic E-state index is 3.81. The van der Waals surface area contributed by atoms with E-state index in [1.165, 1.54) is 12.8 Å². The van der Waals surface area contributed by atoms with Crippen LogP contribution >= 0.6 is 0 Å². The summed E-state index contributed by atoms with van der Waals surface area (Å²) in [5.41, 5.74) is 0.976. The number of rotatable bonds is 2. The molecule has 1 N–H and O–H groups in total. The fraction of sp³-hybridized carbons (Fsp3) is 1.00. The Morgan fingerprint density at radius 2 is 1.74 bits per heavy atom. The minimum Gasteiger partial charge on any atom is -0.314 e. The van der Waals surface area contributed by atoms with Gasteiger partial charge in [-0.15, -0.1) is 0 Å². The summed E-state index contributed by atoms with van der Waals surface area (Å²) in [5, 5.41) is 3.81. The van der Waals surface area contributed by atoms with Crippen molar-refractivity contribution in [3.8, 4) is 0 Å². The van der Waals surface area contributed by atoms with Crippen molar-refractivity contribution >= 4 is 0 Å². The lowest BCUT2D eigenvalue weighted by Crippen LogP contribution is -2.75. The second-order valence-electron chi connectivity index (χ2n) is 8.68. The molecule has 0 saturated heterocycles. The van der Waals surface area contributed by atoms with Gasteiger partial charge < -0.3 is 5.32 Å². The van der Waals surface area contributed by atoms with Crippen LogP contribution in [0.25, 0.3) is 0 Å². The average molecular weight is 263 g/mol. The zero-order chi connectivity index (χ0) is 14.2. The fourth-order valence-electron chi connectivity index (χ4n) is 7.33. The topological polar surface area (TPSA) is 12.0 Å². The van der Waals surface area contributed by atoms with Gasteiger partial charge in [0.05, 0.1) is 0 Å². The van der Waals surface area contributed by atoms with Crippen molar-refractivity contribution in [1.82, 2.24) is 5.32 Å². The summed E-state index contributed by atoms with van der Waals surface area (Å²) < 4.78 is 0. The Balaban J connectivity index is 2.13. The van der Waals surface area contributed by atoms with E-state index in [-0.39, 0.29) is 0 Å². The minimum atomic E-state index is 0.417. The van der Waals surface area contributed by atoms with Gasteiger partial charge in [0, 0.05) is 5.54 Å². The van der Waals surface area contributed by atoms with Gasteiger partial charge in [-0.3, -0.25) is 0 Å². The second kappa shape index (κ2) is 4.00. The zero-order valence-corrected chi connectivity index (χ0v) is 14.0. The SMILES string of the molecule is CNC12CC3CC(C)(C(C(C)C)C(C3C)C1C)C2C. The minimum absolute atomic E-state index is 0.417. The number of hydrogen-bond acceptors (Lipinski definition) is 1. The molecule has 0 heterocycles. The molecule has 0 spiro atoms. The van der Waals surface area contributed by atoms with Crippen LogP contribution in [0.1, 0.15) is 54.4 Å². The molecule has 8 atom stereocenters. The van der Waals surface area contributed by atoms with Crippen molar-refractivity contribution < 1.29 is 0 Å². The summed E-state index contributed by atoms with van der Waals surface area (Å²) >= 11 is 0. The van der Waals surface area contributed by atoms with E-state index in [2.05, 4.69) is 53.9 Å². The van der Waals surface area contributed by atoms with Crippen molar-refractivity contribution in [2.24, 2.45) is 46.8 Å². The Hall–Kier alpha value is -0.0400. The van der Waals surface area contributed by atoms with Crippen molar-refractivity contribution in [2.45, 2.75) is 59.9 Å². The van der Waals surface area contributed by atoms with Gasteiger partial charge in [-0.2, -0.15) is 0 Å². The monoisotopic (exact) mass is 263 g/mol. The Labute approximate surface area is 119 Å². The molecule has 0 amide bonds. The van der Waals surface area contributed by atoms with E-state index >= 15 is 0 Å². The van der Waals surface area contributed by atoms with Crippen LogP contribution in [0.2, 0.25) is 0 Å². The highest BCUT2D eigenvalue weighted by Gasteiger charge is 2.69. The van der Waals surface area contributed by atoms with E-state index in [9.17, 15) is 0 Å². The van der Waals surface area contributed by atoms with Crippen LogP contribution in [0.15, 0.2) is 0 Å². The van der Waals surface area contributed by atoms with Crippen molar-refractivity contribution in [3.63, 3.8) is 0 Å². The van der Waals surface area contributed by atoms with E-state index in [4.69, 9.17) is 0 Å². The molecule has 4 rings (SSSR count). The maximum Gasteiger partial charge on any atom is 0.0240 e. The zero-order valence-electron chi connectivity index (χ0n) is 14.0. The molecule has 0 aliphatic heterocycles. The Morgan fingerprint density at radius 3 is 2.26 bits per heavy atom. The lowest BCUT2D eigenvalue weighted by atomic mass is 9.33.